The molecule has 4 nitrogen and oxygen atoms in total. The van der Waals surface area contributed by atoms with Crippen molar-refractivity contribution in [2.24, 2.45) is 5.92 Å². The molecule has 1 aliphatic heterocycles. The number of hydrogen-bond donors (Lipinski definition) is 1. The largest absolute Gasteiger partial charge is 0.348 e. The van der Waals surface area contributed by atoms with Crippen LogP contribution < -0.4 is 10.2 Å². The highest BCUT2D eigenvalue weighted by molar-refractivity contribution is 7.22. The van der Waals surface area contributed by atoms with E-state index in [1.165, 1.54) is 4.70 Å². The number of aryl methyl sites for hydroxylation is 1. The molecule has 5 heteroatoms. The van der Waals surface area contributed by atoms with Crippen molar-refractivity contribution in [3.05, 3.63) is 54.1 Å². The number of nitrogens with one attached hydrogen (secondary N) is 1. The van der Waals surface area contributed by atoms with Crippen LogP contribution in [0.25, 0.3) is 10.2 Å². The first-order chi connectivity index (χ1) is 12.2. The first-order valence-electron chi connectivity index (χ1n) is 8.68. The highest BCUT2D eigenvalue weighted by Crippen LogP contribution is 2.31. The summed E-state index contributed by atoms with van der Waals surface area (Å²) in [7, 11) is 0. The summed E-state index contributed by atoms with van der Waals surface area (Å²) in [5.74, 6) is 0.212. The standard InChI is InChI=1S/C20H21N3OS/c1-14-6-2-3-7-16(14)21-19(24)15-10-12-23(13-11-15)20-22-17-8-4-5-9-18(17)25-20/h2-9,15H,10-13H2,1H3,(H,21,24). The summed E-state index contributed by atoms with van der Waals surface area (Å²) in [6, 6.07) is 16.2. The number of nitrogens with zero attached hydrogens (tertiary/aromatic N) is 2. The molecule has 1 amide bonds. The highest BCUT2D eigenvalue weighted by Gasteiger charge is 2.26. The van der Waals surface area contributed by atoms with Gasteiger partial charge in [-0.15, -0.1) is 0 Å². The van der Waals surface area contributed by atoms with Crippen molar-refractivity contribution in [2.75, 3.05) is 23.3 Å². The lowest BCUT2D eigenvalue weighted by molar-refractivity contribution is -0.120. The Kier molecular flexibility index (Phi) is 4.40. The third-order valence-electron chi connectivity index (χ3n) is 4.82. The summed E-state index contributed by atoms with van der Waals surface area (Å²) in [6.45, 7) is 3.78. The molecule has 0 unspecified atom stereocenters. The maximum Gasteiger partial charge on any atom is 0.227 e. The van der Waals surface area contributed by atoms with Crippen molar-refractivity contribution < 1.29 is 4.79 Å². The number of anilines is 2. The second-order valence-corrected chi connectivity index (χ2v) is 7.54. The molecule has 128 valence electrons. The minimum absolute atomic E-state index is 0.0743. The first kappa shape index (κ1) is 16.1. The number of fused-ring (bicyclic) bond motifs is 1. The van der Waals surface area contributed by atoms with Gasteiger partial charge in [0.15, 0.2) is 5.13 Å². The van der Waals surface area contributed by atoms with Gasteiger partial charge >= 0.3 is 0 Å². The van der Waals surface area contributed by atoms with Crippen LogP contribution in [0.4, 0.5) is 10.8 Å². The Hall–Kier alpha value is -2.40. The van der Waals surface area contributed by atoms with Crippen LogP contribution in [0, 0.1) is 12.8 Å². The summed E-state index contributed by atoms with van der Waals surface area (Å²) in [4.78, 5) is 19.6. The number of aromatic nitrogens is 1. The average molecular weight is 351 g/mol. The van der Waals surface area contributed by atoms with Crippen LogP contribution in [0.5, 0.6) is 0 Å². The molecule has 1 aliphatic rings. The average Bonchev–Trinajstić information content (AvgIpc) is 3.08. The van der Waals surface area contributed by atoms with E-state index in [1.807, 2.05) is 43.3 Å². The van der Waals surface area contributed by atoms with E-state index in [1.54, 1.807) is 11.3 Å². The van der Waals surface area contributed by atoms with Crippen LogP contribution in [-0.4, -0.2) is 24.0 Å². The maximum absolute atomic E-state index is 12.6. The zero-order chi connectivity index (χ0) is 17.2. The van der Waals surface area contributed by atoms with Gasteiger partial charge in [0.05, 0.1) is 10.2 Å². The van der Waals surface area contributed by atoms with E-state index in [0.29, 0.717) is 0 Å². The van der Waals surface area contributed by atoms with E-state index in [4.69, 9.17) is 4.98 Å². The SMILES string of the molecule is Cc1ccccc1NC(=O)C1CCN(c2nc3ccccc3s2)CC1. The normalized spacial score (nSPS) is 15.5. The first-order valence-corrected chi connectivity index (χ1v) is 9.49. The fourth-order valence-corrected chi connectivity index (χ4v) is 4.29. The topological polar surface area (TPSA) is 45.2 Å². The molecule has 0 bridgehead atoms. The number of thiazole rings is 1. The smallest absolute Gasteiger partial charge is 0.227 e. The molecule has 0 spiro atoms. The number of rotatable bonds is 3. The lowest BCUT2D eigenvalue weighted by atomic mass is 9.96. The number of piperidine rings is 1. The molecule has 1 saturated heterocycles. The summed E-state index contributed by atoms with van der Waals surface area (Å²) >= 11 is 1.73. The zero-order valence-electron chi connectivity index (χ0n) is 14.2. The molecule has 25 heavy (non-hydrogen) atoms. The van der Waals surface area contributed by atoms with E-state index in [9.17, 15) is 4.79 Å². The second kappa shape index (κ2) is 6.84. The number of benzene rings is 2. The van der Waals surface area contributed by atoms with E-state index < -0.39 is 0 Å². The number of carbonyl (C=O) groups excluding carboxylic acids is 1. The summed E-state index contributed by atoms with van der Waals surface area (Å²) in [5, 5.41) is 4.15. The molecule has 1 N–H and O–H groups in total. The molecule has 0 atom stereocenters. The van der Waals surface area contributed by atoms with Crippen LogP contribution in [0.15, 0.2) is 48.5 Å². The van der Waals surface area contributed by atoms with Crippen molar-refractivity contribution >= 4 is 38.3 Å². The summed E-state index contributed by atoms with van der Waals surface area (Å²) in [6.07, 6.45) is 1.74. The predicted octanol–water partition coefficient (Wildman–Crippen LogP) is 4.46. The van der Waals surface area contributed by atoms with Gasteiger partial charge in [-0.3, -0.25) is 4.79 Å². The van der Waals surface area contributed by atoms with E-state index in [0.717, 1.165) is 47.8 Å². The fraction of sp³-hybridized carbons (Fsp3) is 0.300. The predicted molar refractivity (Wildman–Crippen MR) is 104 cm³/mol. The van der Waals surface area contributed by atoms with Gasteiger partial charge in [-0.1, -0.05) is 41.7 Å². The van der Waals surface area contributed by atoms with E-state index >= 15 is 0 Å². The molecule has 0 saturated carbocycles. The van der Waals surface area contributed by atoms with E-state index in [2.05, 4.69) is 22.3 Å². The molecule has 0 aliphatic carbocycles. The van der Waals surface area contributed by atoms with Crippen molar-refractivity contribution in [3.8, 4) is 0 Å². The molecule has 2 aromatic carbocycles. The minimum atomic E-state index is 0.0743. The molecular formula is C20H21N3OS. The third kappa shape index (κ3) is 3.37. The van der Waals surface area contributed by atoms with Gasteiger partial charge in [-0.2, -0.15) is 0 Å². The van der Waals surface area contributed by atoms with Crippen molar-refractivity contribution in [1.29, 1.82) is 0 Å². The van der Waals surface area contributed by atoms with Gasteiger partial charge in [-0.05, 0) is 43.5 Å². The van der Waals surface area contributed by atoms with Crippen molar-refractivity contribution in [2.45, 2.75) is 19.8 Å². The Labute approximate surface area is 151 Å². The van der Waals surface area contributed by atoms with E-state index in [-0.39, 0.29) is 11.8 Å². The maximum atomic E-state index is 12.6. The Morgan fingerprint density at radius 3 is 2.60 bits per heavy atom. The lowest BCUT2D eigenvalue weighted by Crippen LogP contribution is -2.38. The van der Waals surface area contributed by atoms with Crippen LogP contribution in [0.3, 0.4) is 0 Å². The molecule has 3 aromatic rings. The minimum Gasteiger partial charge on any atom is -0.348 e. The number of amides is 1. The summed E-state index contributed by atoms with van der Waals surface area (Å²) in [5.41, 5.74) is 3.07. The molecule has 0 radical (unpaired) electrons. The number of hydrogen-bond acceptors (Lipinski definition) is 4. The van der Waals surface area contributed by atoms with Gasteiger partial charge in [0.1, 0.15) is 0 Å². The Morgan fingerprint density at radius 2 is 1.84 bits per heavy atom. The Balaban J connectivity index is 1.39. The lowest BCUT2D eigenvalue weighted by Gasteiger charge is -2.31. The van der Waals surface area contributed by atoms with Gasteiger partial charge in [0.25, 0.3) is 0 Å². The highest BCUT2D eigenvalue weighted by atomic mass is 32.1. The zero-order valence-corrected chi connectivity index (χ0v) is 15.1. The number of para-hydroxylation sites is 2. The Morgan fingerprint density at radius 1 is 1.12 bits per heavy atom. The van der Waals surface area contributed by atoms with Crippen LogP contribution in [0.1, 0.15) is 18.4 Å². The third-order valence-corrected chi connectivity index (χ3v) is 5.92. The Bertz CT molecular complexity index is 864. The fourth-order valence-electron chi connectivity index (χ4n) is 3.28. The van der Waals surface area contributed by atoms with Gasteiger partial charge in [0, 0.05) is 24.7 Å². The second-order valence-electron chi connectivity index (χ2n) is 6.53. The van der Waals surface area contributed by atoms with Crippen LogP contribution >= 0.6 is 11.3 Å². The quantitative estimate of drug-likeness (QED) is 0.758. The van der Waals surface area contributed by atoms with Crippen molar-refractivity contribution in [1.82, 2.24) is 4.98 Å². The molecule has 1 fully saturated rings. The molecule has 2 heterocycles. The number of carbonyl (C=O) groups is 1. The van der Waals surface area contributed by atoms with Gasteiger partial charge < -0.3 is 10.2 Å². The monoisotopic (exact) mass is 351 g/mol. The molecule has 1 aromatic heterocycles. The molecular weight excluding hydrogens is 330 g/mol. The van der Waals surface area contributed by atoms with Gasteiger partial charge in [0.2, 0.25) is 5.91 Å². The molecule has 4 rings (SSSR count). The van der Waals surface area contributed by atoms with Crippen molar-refractivity contribution in [3.63, 3.8) is 0 Å². The summed E-state index contributed by atoms with van der Waals surface area (Å²) < 4.78 is 1.22. The van der Waals surface area contributed by atoms with Gasteiger partial charge in [-0.25, -0.2) is 4.98 Å². The van der Waals surface area contributed by atoms with Crippen LogP contribution in [-0.2, 0) is 4.79 Å². The van der Waals surface area contributed by atoms with Crippen LogP contribution in [0.2, 0.25) is 0 Å².